The van der Waals surface area contributed by atoms with Crippen LogP contribution < -0.4 is 16.4 Å². The van der Waals surface area contributed by atoms with Crippen LogP contribution in [0.2, 0.25) is 0 Å². The van der Waals surface area contributed by atoms with Crippen molar-refractivity contribution in [2.75, 3.05) is 11.1 Å². The zero-order valence-corrected chi connectivity index (χ0v) is 8.80. The van der Waals surface area contributed by atoms with Crippen molar-refractivity contribution in [1.82, 2.24) is 5.32 Å². The molecule has 0 bridgehead atoms. The third-order valence-electron chi connectivity index (χ3n) is 1.63. The number of hydrogen-bond donors (Lipinski definition) is 3. The Bertz CT molecular complexity index is 403. The van der Waals surface area contributed by atoms with Gasteiger partial charge in [-0.05, 0) is 30.4 Å². The van der Waals surface area contributed by atoms with Gasteiger partial charge in [0.05, 0.1) is 11.4 Å². The molecule has 1 rings (SSSR count). The van der Waals surface area contributed by atoms with E-state index in [-0.39, 0.29) is 11.0 Å². The first-order valence-corrected chi connectivity index (χ1v) is 4.63. The van der Waals surface area contributed by atoms with E-state index in [2.05, 4.69) is 17.2 Å². The maximum atomic E-state index is 10.9. The maximum absolute atomic E-state index is 10.9. The summed E-state index contributed by atoms with van der Waals surface area (Å²) in [6.07, 6.45) is 1.14. The Morgan fingerprint density at radius 1 is 1.47 bits per heavy atom. The van der Waals surface area contributed by atoms with Crippen LogP contribution >= 0.6 is 12.2 Å². The highest BCUT2D eigenvalue weighted by atomic mass is 32.1. The van der Waals surface area contributed by atoms with Gasteiger partial charge in [0, 0.05) is 0 Å². The van der Waals surface area contributed by atoms with E-state index in [4.69, 9.17) is 18.0 Å². The summed E-state index contributed by atoms with van der Waals surface area (Å²) in [4.78, 5) is 10.9. The molecule has 0 aliphatic carbocycles. The second-order valence-electron chi connectivity index (χ2n) is 2.73. The number of hydrogen-bond acceptors (Lipinski definition) is 3. The Balaban J connectivity index is 2.63. The molecule has 0 fully saturated rings. The summed E-state index contributed by atoms with van der Waals surface area (Å²) < 4.78 is 0. The second-order valence-corrected chi connectivity index (χ2v) is 3.14. The van der Waals surface area contributed by atoms with Crippen LogP contribution in [0.4, 0.5) is 11.4 Å². The van der Waals surface area contributed by atoms with E-state index < -0.39 is 0 Å². The number of carbonyl (C=O) groups is 1. The summed E-state index contributed by atoms with van der Waals surface area (Å²) in [5.41, 5.74) is 6.90. The van der Waals surface area contributed by atoms with Gasteiger partial charge in [0.15, 0.2) is 5.11 Å². The average molecular weight is 221 g/mol. The molecule has 0 unspecified atom stereocenters. The van der Waals surface area contributed by atoms with Gasteiger partial charge in [-0.1, -0.05) is 18.7 Å². The molecule has 15 heavy (non-hydrogen) atoms. The third kappa shape index (κ3) is 3.40. The molecule has 0 atom stereocenters. The van der Waals surface area contributed by atoms with Gasteiger partial charge < -0.3 is 11.1 Å². The van der Waals surface area contributed by atoms with Gasteiger partial charge in [0.25, 0.3) is 0 Å². The van der Waals surface area contributed by atoms with Crippen molar-refractivity contribution in [2.24, 2.45) is 0 Å². The van der Waals surface area contributed by atoms with Gasteiger partial charge in [-0.2, -0.15) is 0 Å². The topological polar surface area (TPSA) is 67.2 Å². The number of benzene rings is 1. The number of nitrogen functional groups attached to an aromatic ring is 1. The number of nitrogens with two attached hydrogens (primary N) is 1. The van der Waals surface area contributed by atoms with Crippen molar-refractivity contribution in [3.63, 3.8) is 0 Å². The molecule has 4 N–H and O–H groups in total. The zero-order chi connectivity index (χ0) is 11.3. The predicted octanol–water partition coefficient (Wildman–Crippen LogP) is 1.27. The molecule has 0 saturated carbocycles. The van der Waals surface area contributed by atoms with Crippen molar-refractivity contribution < 1.29 is 4.79 Å². The number of nitrogens with one attached hydrogen (secondary N) is 2. The predicted molar refractivity (Wildman–Crippen MR) is 65.4 cm³/mol. The minimum Gasteiger partial charge on any atom is -0.397 e. The minimum absolute atomic E-state index is 0.192. The molecule has 0 aliphatic heterocycles. The third-order valence-corrected chi connectivity index (χ3v) is 1.84. The van der Waals surface area contributed by atoms with Crippen molar-refractivity contribution >= 4 is 34.6 Å². The molecular weight excluding hydrogens is 210 g/mol. The Labute approximate surface area is 93.2 Å². The summed E-state index contributed by atoms with van der Waals surface area (Å²) in [7, 11) is 0. The van der Waals surface area contributed by atoms with E-state index in [0.29, 0.717) is 11.4 Å². The fourth-order valence-electron chi connectivity index (χ4n) is 0.927. The van der Waals surface area contributed by atoms with Crippen LogP contribution in [-0.4, -0.2) is 11.0 Å². The van der Waals surface area contributed by atoms with E-state index in [0.717, 1.165) is 6.08 Å². The Kier molecular flexibility index (Phi) is 3.82. The normalized spacial score (nSPS) is 9.07. The molecule has 0 radical (unpaired) electrons. The fourth-order valence-corrected chi connectivity index (χ4v) is 1.14. The van der Waals surface area contributed by atoms with Gasteiger partial charge in [0.2, 0.25) is 5.91 Å². The van der Waals surface area contributed by atoms with Crippen LogP contribution in [0.5, 0.6) is 0 Å². The number of amides is 1. The summed E-state index contributed by atoms with van der Waals surface area (Å²) >= 11 is 4.89. The Morgan fingerprint density at radius 2 is 2.13 bits per heavy atom. The summed E-state index contributed by atoms with van der Waals surface area (Å²) in [6, 6.07) is 7.13. The number of thiocarbonyl (C=S) groups is 1. The van der Waals surface area contributed by atoms with Crippen LogP contribution in [0.3, 0.4) is 0 Å². The second kappa shape index (κ2) is 5.11. The molecule has 5 heteroatoms. The molecule has 0 heterocycles. The van der Waals surface area contributed by atoms with E-state index in [9.17, 15) is 4.79 Å². The molecule has 78 valence electrons. The summed E-state index contributed by atoms with van der Waals surface area (Å²) in [5, 5.41) is 5.41. The quantitative estimate of drug-likeness (QED) is 0.399. The fraction of sp³-hybridized carbons (Fsp3) is 0. The van der Waals surface area contributed by atoms with Gasteiger partial charge in [-0.3, -0.25) is 10.1 Å². The lowest BCUT2D eigenvalue weighted by Gasteiger charge is -2.09. The number of para-hydroxylation sites is 2. The van der Waals surface area contributed by atoms with Crippen molar-refractivity contribution in [3.8, 4) is 0 Å². The molecule has 0 aromatic heterocycles. The first kappa shape index (κ1) is 11.2. The lowest BCUT2D eigenvalue weighted by Crippen LogP contribution is -2.32. The van der Waals surface area contributed by atoms with Crippen LogP contribution in [0, 0.1) is 0 Å². The van der Waals surface area contributed by atoms with Crippen LogP contribution in [-0.2, 0) is 4.79 Å². The van der Waals surface area contributed by atoms with Gasteiger partial charge in [-0.15, -0.1) is 0 Å². The molecule has 1 amide bonds. The molecule has 0 spiro atoms. The highest BCUT2D eigenvalue weighted by molar-refractivity contribution is 7.80. The molecule has 4 nitrogen and oxygen atoms in total. The van der Waals surface area contributed by atoms with Crippen molar-refractivity contribution in [2.45, 2.75) is 0 Å². The smallest absolute Gasteiger partial charge is 0.249 e. The first-order chi connectivity index (χ1) is 7.13. The van der Waals surface area contributed by atoms with E-state index in [1.165, 1.54) is 0 Å². The lowest BCUT2D eigenvalue weighted by atomic mass is 10.3. The number of carbonyl (C=O) groups excluding carboxylic acids is 1. The SMILES string of the molecule is C=CC(=O)NC(=S)Nc1ccccc1N. The minimum atomic E-state index is -0.359. The largest absolute Gasteiger partial charge is 0.397 e. The van der Waals surface area contributed by atoms with E-state index in [1.807, 2.05) is 12.1 Å². The number of anilines is 2. The Hall–Kier alpha value is -1.88. The van der Waals surface area contributed by atoms with Crippen LogP contribution in [0.1, 0.15) is 0 Å². The van der Waals surface area contributed by atoms with Gasteiger partial charge >= 0.3 is 0 Å². The summed E-state index contributed by atoms with van der Waals surface area (Å²) in [5.74, 6) is -0.359. The standard InChI is InChI=1S/C10H11N3OS/c1-2-9(14)13-10(15)12-8-6-4-3-5-7(8)11/h2-6H,1,11H2,(H2,12,13,14,15). The van der Waals surface area contributed by atoms with Crippen LogP contribution in [0.15, 0.2) is 36.9 Å². The molecule has 1 aromatic carbocycles. The highest BCUT2D eigenvalue weighted by Gasteiger charge is 2.02. The van der Waals surface area contributed by atoms with Gasteiger partial charge in [0.1, 0.15) is 0 Å². The molecular formula is C10H11N3OS. The Morgan fingerprint density at radius 3 is 2.73 bits per heavy atom. The maximum Gasteiger partial charge on any atom is 0.249 e. The van der Waals surface area contributed by atoms with Crippen LogP contribution in [0.25, 0.3) is 0 Å². The molecule has 1 aromatic rings. The average Bonchev–Trinajstić information content (AvgIpc) is 2.21. The van der Waals surface area contributed by atoms with E-state index in [1.54, 1.807) is 12.1 Å². The van der Waals surface area contributed by atoms with Crippen molar-refractivity contribution in [1.29, 1.82) is 0 Å². The molecule has 0 saturated heterocycles. The zero-order valence-electron chi connectivity index (χ0n) is 7.99. The van der Waals surface area contributed by atoms with E-state index >= 15 is 0 Å². The van der Waals surface area contributed by atoms with Gasteiger partial charge in [-0.25, -0.2) is 0 Å². The number of rotatable bonds is 2. The highest BCUT2D eigenvalue weighted by Crippen LogP contribution is 2.16. The van der Waals surface area contributed by atoms with Crippen molar-refractivity contribution in [3.05, 3.63) is 36.9 Å². The first-order valence-electron chi connectivity index (χ1n) is 4.22. The summed E-state index contributed by atoms with van der Waals surface area (Å²) in [6.45, 7) is 3.31. The lowest BCUT2D eigenvalue weighted by molar-refractivity contribution is -0.115. The molecule has 0 aliphatic rings. The monoisotopic (exact) mass is 221 g/mol.